The highest BCUT2D eigenvalue weighted by molar-refractivity contribution is 8.04. The molecule has 0 saturated carbocycles. The van der Waals surface area contributed by atoms with Crippen LogP contribution in [0.3, 0.4) is 0 Å². The van der Waals surface area contributed by atoms with Crippen LogP contribution < -0.4 is 0 Å². The van der Waals surface area contributed by atoms with E-state index in [4.69, 9.17) is 29.9 Å². The summed E-state index contributed by atoms with van der Waals surface area (Å²) < 4.78 is 9.91. The van der Waals surface area contributed by atoms with Gasteiger partial charge in [-0.15, -0.1) is 0 Å². The first-order valence-electron chi connectivity index (χ1n) is 3.92. The molecule has 6 atom stereocenters. The Hall–Kier alpha value is 0.460. The number of thioether (sulfide) groups is 2. The molecule has 2 fully saturated rings. The third kappa shape index (κ3) is 2.02. The van der Waals surface area contributed by atoms with Gasteiger partial charge in [-0.05, 0) is 0 Å². The Morgan fingerprint density at radius 1 is 0.714 bits per heavy atom. The molecule has 2 rings (SSSR count). The Morgan fingerprint density at radius 2 is 1.07 bits per heavy atom. The van der Waals surface area contributed by atoms with E-state index in [2.05, 4.69) is 0 Å². The Kier molecular flexibility index (Phi) is 3.24. The normalized spacial score (nSPS) is 54.0. The van der Waals surface area contributed by atoms with Gasteiger partial charge in [0.05, 0.1) is 0 Å². The first kappa shape index (κ1) is 11.0. The molecule has 2 heterocycles. The lowest BCUT2D eigenvalue weighted by Crippen LogP contribution is -2.24. The monoisotopic (exact) mass is 242 g/mol. The SMILES string of the molecule is OC1OC(C2OC(O)C(O)S2)SC1O. The fourth-order valence-electron chi connectivity index (χ4n) is 1.14. The molecule has 0 aromatic heterocycles. The maximum absolute atomic E-state index is 9.16. The smallest absolute Gasteiger partial charge is 0.192 e. The summed E-state index contributed by atoms with van der Waals surface area (Å²) in [4.78, 5) is 0. The molecule has 6 nitrogen and oxygen atoms in total. The molecule has 6 unspecified atom stereocenters. The van der Waals surface area contributed by atoms with E-state index in [9.17, 15) is 0 Å². The maximum Gasteiger partial charge on any atom is 0.192 e. The van der Waals surface area contributed by atoms with E-state index in [0.29, 0.717) is 0 Å². The van der Waals surface area contributed by atoms with E-state index in [1.165, 1.54) is 0 Å². The minimum Gasteiger partial charge on any atom is -0.377 e. The van der Waals surface area contributed by atoms with E-state index in [1.807, 2.05) is 0 Å². The van der Waals surface area contributed by atoms with Gasteiger partial charge in [0.2, 0.25) is 0 Å². The van der Waals surface area contributed by atoms with Crippen LogP contribution >= 0.6 is 23.5 Å². The van der Waals surface area contributed by atoms with Crippen molar-refractivity contribution >= 4 is 23.5 Å². The molecule has 2 aliphatic heterocycles. The summed E-state index contributed by atoms with van der Waals surface area (Å²) >= 11 is 1.98. The van der Waals surface area contributed by atoms with Crippen LogP contribution in [0.15, 0.2) is 0 Å². The molecular formula is C6H10O6S2. The number of rotatable bonds is 1. The van der Waals surface area contributed by atoms with Gasteiger partial charge in [-0.25, -0.2) is 0 Å². The second kappa shape index (κ2) is 4.14. The summed E-state index contributed by atoms with van der Waals surface area (Å²) in [7, 11) is 0. The summed E-state index contributed by atoms with van der Waals surface area (Å²) in [5, 5.41) is 36.5. The van der Waals surface area contributed by atoms with Crippen LogP contribution in [-0.4, -0.2) is 54.8 Å². The van der Waals surface area contributed by atoms with E-state index in [-0.39, 0.29) is 0 Å². The summed E-state index contributed by atoms with van der Waals surface area (Å²) in [5.74, 6) is 0. The third-order valence-corrected chi connectivity index (χ3v) is 4.25. The number of aliphatic hydroxyl groups excluding tert-OH is 4. The van der Waals surface area contributed by atoms with Crippen molar-refractivity contribution in [2.45, 2.75) is 34.3 Å². The van der Waals surface area contributed by atoms with Gasteiger partial charge < -0.3 is 29.9 Å². The van der Waals surface area contributed by atoms with Gasteiger partial charge in [0.25, 0.3) is 0 Å². The quantitative estimate of drug-likeness (QED) is 0.438. The highest BCUT2D eigenvalue weighted by Crippen LogP contribution is 2.42. The topological polar surface area (TPSA) is 99.4 Å². The van der Waals surface area contributed by atoms with Crippen LogP contribution in [0.1, 0.15) is 0 Å². The Morgan fingerprint density at radius 3 is 1.29 bits per heavy atom. The zero-order valence-corrected chi connectivity index (χ0v) is 8.52. The first-order valence-corrected chi connectivity index (χ1v) is 5.80. The highest BCUT2D eigenvalue weighted by atomic mass is 32.2. The summed E-state index contributed by atoms with van der Waals surface area (Å²) in [5.41, 5.74) is -3.20. The third-order valence-electron chi connectivity index (χ3n) is 1.80. The standard InChI is InChI=1S/C6H10O6S2/c7-1-3(9)13-5(11-1)6-12-2(8)4(10)14-6/h1-10H. The van der Waals surface area contributed by atoms with Crippen molar-refractivity contribution in [3.63, 3.8) is 0 Å². The minimum atomic E-state index is -1.25. The van der Waals surface area contributed by atoms with Crippen molar-refractivity contribution in [2.75, 3.05) is 0 Å². The molecule has 82 valence electrons. The average Bonchev–Trinajstić information content (AvgIpc) is 2.60. The van der Waals surface area contributed by atoms with Gasteiger partial charge in [0.1, 0.15) is 10.9 Å². The van der Waals surface area contributed by atoms with Crippen molar-refractivity contribution in [2.24, 2.45) is 0 Å². The Bertz CT molecular complexity index is 174. The van der Waals surface area contributed by atoms with E-state index in [0.717, 1.165) is 23.5 Å². The van der Waals surface area contributed by atoms with Crippen molar-refractivity contribution < 1.29 is 29.9 Å². The van der Waals surface area contributed by atoms with Crippen LogP contribution in [0.25, 0.3) is 0 Å². The zero-order valence-electron chi connectivity index (χ0n) is 6.89. The molecule has 4 N–H and O–H groups in total. The minimum absolute atomic E-state index is 0.586. The van der Waals surface area contributed by atoms with Crippen LogP contribution in [0.5, 0.6) is 0 Å². The van der Waals surface area contributed by atoms with Crippen LogP contribution in [-0.2, 0) is 9.47 Å². The van der Waals surface area contributed by atoms with Crippen molar-refractivity contribution in [3.05, 3.63) is 0 Å². The molecule has 0 amide bonds. The predicted octanol–water partition coefficient (Wildman–Crippen LogP) is -1.56. The lowest BCUT2D eigenvalue weighted by atomic mass is 10.6. The van der Waals surface area contributed by atoms with Gasteiger partial charge in [-0.3, -0.25) is 0 Å². The number of hydrogen-bond donors (Lipinski definition) is 4. The lowest BCUT2D eigenvalue weighted by molar-refractivity contribution is -0.171. The second-order valence-corrected chi connectivity index (χ2v) is 5.28. The lowest BCUT2D eigenvalue weighted by Gasteiger charge is -2.14. The van der Waals surface area contributed by atoms with E-state index in [1.54, 1.807) is 0 Å². The van der Waals surface area contributed by atoms with Gasteiger partial charge in [-0.2, -0.15) is 0 Å². The number of hydrogen-bond acceptors (Lipinski definition) is 8. The molecule has 8 heteroatoms. The van der Waals surface area contributed by atoms with Gasteiger partial charge in [-0.1, -0.05) is 23.5 Å². The van der Waals surface area contributed by atoms with Crippen LogP contribution in [0.2, 0.25) is 0 Å². The predicted molar refractivity (Wildman–Crippen MR) is 49.0 cm³/mol. The van der Waals surface area contributed by atoms with E-state index < -0.39 is 34.3 Å². The van der Waals surface area contributed by atoms with Crippen LogP contribution in [0.4, 0.5) is 0 Å². The largest absolute Gasteiger partial charge is 0.377 e. The number of ether oxygens (including phenoxy) is 2. The van der Waals surface area contributed by atoms with Crippen molar-refractivity contribution in [1.82, 2.24) is 0 Å². The fraction of sp³-hybridized carbons (Fsp3) is 1.00. The van der Waals surface area contributed by atoms with Gasteiger partial charge in [0.15, 0.2) is 23.5 Å². The number of aliphatic hydroxyl groups is 4. The highest BCUT2D eigenvalue weighted by Gasteiger charge is 2.45. The Balaban J connectivity index is 1.92. The van der Waals surface area contributed by atoms with Gasteiger partial charge in [0, 0.05) is 0 Å². The Labute approximate surface area is 88.2 Å². The average molecular weight is 242 g/mol. The molecule has 0 spiro atoms. The summed E-state index contributed by atoms with van der Waals surface area (Å²) in [6, 6.07) is 0. The molecule has 0 bridgehead atoms. The summed E-state index contributed by atoms with van der Waals surface area (Å²) in [6.07, 6.45) is -2.49. The van der Waals surface area contributed by atoms with E-state index >= 15 is 0 Å². The fourth-order valence-corrected chi connectivity index (χ4v) is 3.21. The molecule has 14 heavy (non-hydrogen) atoms. The molecule has 2 saturated heterocycles. The molecule has 0 radical (unpaired) electrons. The molecular weight excluding hydrogens is 232 g/mol. The molecule has 2 aliphatic rings. The van der Waals surface area contributed by atoms with Crippen molar-refractivity contribution in [1.29, 1.82) is 0 Å². The first-order chi connectivity index (χ1) is 6.58. The van der Waals surface area contributed by atoms with Crippen LogP contribution in [0, 0.1) is 0 Å². The molecule has 0 aliphatic carbocycles. The zero-order chi connectivity index (χ0) is 10.3. The molecule has 0 aromatic rings. The second-order valence-electron chi connectivity index (χ2n) is 2.84. The maximum atomic E-state index is 9.16. The summed E-state index contributed by atoms with van der Waals surface area (Å²) in [6.45, 7) is 0. The van der Waals surface area contributed by atoms with Gasteiger partial charge >= 0.3 is 0 Å². The van der Waals surface area contributed by atoms with Crippen molar-refractivity contribution in [3.8, 4) is 0 Å². The molecule has 0 aromatic carbocycles.